The van der Waals surface area contributed by atoms with E-state index in [2.05, 4.69) is 10.1 Å². The van der Waals surface area contributed by atoms with Crippen LogP contribution in [0.5, 0.6) is 5.75 Å². The van der Waals surface area contributed by atoms with E-state index in [4.69, 9.17) is 0 Å². The Morgan fingerprint density at radius 3 is 2.47 bits per heavy atom. The topological polar surface area (TPSA) is 55.4 Å². The average molecular weight is 247 g/mol. The minimum Gasteiger partial charge on any atom is -0.429 e. The lowest BCUT2D eigenvalue weighted by atomic mass is 10.2. The molecule has 17 heavy (non-hydrogen) atoms. The molecule has 0 saturated heterocycles. The molecule has 0 aliphatic heterocycles. The number of amides is 1. The highest BCUT2D eigenvalue weighted by Gasteiger charge is 2.31. The van der Waals surface area contributed by atoms with Crippen LogP contribution in [0.1, 0.15) is 12.5 Å². The average Bonchev–Trinajstić information content (AvgIpc) is 2.15. The summed E-state index contributed by atoms with van der Waals surface area (Å²) in [6.45, 7) is 1.16. The van der Waals surface area contributed by atoms with E-state index in [1.807, 2.05) is 0 Å². The maximum Gasteiger partial charge on any atom is 0.416 e. The van der Waals surface area contributed by atoms with Gasteiger partial charge in [0.2, 0.25) is 5.91 Å². The number of carbonyl (C=O) groups is 2. The van der Waals surface area contributed by atoms with E-state index in [1.54, 1.807) is 0 Å². The van der Waals surface area contributed by atoms with Crippen LogP contribution in [0.15, 0.2) is 18.2 Å². The number of anilines is 1. The summed E-state index contributed by atoms with van der Waals surface area (Å²) in [4.78, 5) is 20.8. The maximum atomic E-state index is 12.5. The lowest BCUT2D eigenvalue weighted by Gasteiger charge is -2.11. The molecule has 1 N–H and O–H groups in total. The van der Waals surface area contributed by atoms with Gasteiger partial charge in [-0.2, -0.15) is 13.2 Å². The van der Waals surface area contributed by atoms with E-state index in [0.29, 0.717) is 6.07 Å². The van der Waals surface area contributed by atoms with Crippen LogP contribution >= 0.6 is 0 Å². The molecule has 92 valence electrons. The minimum atomic E-state index is -4.59. The number of benzene rings is 1. The molecule has 1 amide bonds. The molecule has 0 unspecified atom stereocenters. The SMILES string of the molecule is CC(=O)Nc1cc(OC=O)cc(C(F)(F)F)c1. The van der Waals surface area contributed by atoms with E-state index in [-0.39, 0.29) is 17.9 Å². The second kappa shape index (κ2) is 4.86. The Bertz CT molecular complexity index is 443. The van der Waals surface area contributed by atoms with Gasteiger partial charge in [0.25, 0.3) is 6.47 Å². The van der Waals surface area contributed by atoms with Gasteiger partial charge in [-0.05, 0) is 12.1 Å². The van der Waals surface area contributed by atoms with Crippen LogP contribution in [0, 0.1) is 0 Å². The third kappa shape index (κ3) is 3.78. The first-order valence-corrected chi connectivity index (χ1v) is 4.43. The van der Waals surface area contributed by atoms with Gasteiger partial charge in [-0.25, -0.2) is 0 Å². The fourth-order valence-corrected chi connectivity index (χ4v) is 1.16. The molecule has 0 aliphatic rings. The molecule has 0 bridgehead atoms. The summed E-state index contributed by atoms with van der Waals surface area (Å²) in [5.74, 6) is -0.819. The summed E-state index contributed by atoms with van der Waals surface area (Å²) in [5.41, 5.74) is -1.11. The van der Waals surface area contributed by atoms with Crippen molar-refractivity contribution in [3.63, 3.8) is 0 Å². The van der Waals surface area contributed by atoms with Crippen LogP contribution in [0.3, 0.4) is 0 Å². The summed E-state index contributed by atoms with van der Waals surface area (Å²) < 4.78 is 41.7. The third-order valence-corrected chi connectivity index (χ3v) is 1.74. The predicted octanol–water partition coefficient (Wildman–Crippen LogP) is 2.20. The third-order valence-electron chi connectivity index (χ3n) is 1.74. The highest BCUT2D eigenvalue weighted by Crippen LogP contribution is 2.34. The Balaban J connectivity index is 3.18. The molecular formula is C10H8F3NO3. The van der Waals surface area contributed by atoms with Crippen molar-refractivity contribution < 1.29 is 27.5 Å². The highest BCUT2D eigenvalue weighted by atomic mass is 19.4. The van der Waals surface area contributed by atoms with Gasteiger partial charge in [0.15, 0.2) is 0 Å². The summed E-state index contributed by atoms with van der Waals surface area (Å²) in [5, 5.41) is 2.18. The number of halogens is 3. The largest absolute Gasteiger partial charge is 0.429 e. The van der Waals surface area contributed by atoms with Crippen LogP contribution < -0.4 is 10.1 Å². The smallest absolute Gasteiger partial charge is 0.416 e. The zero-order valence-corrected chi connectivity index (χ0v) is 8.67. The zero-order chi connectivity index (χ0) is 13.1. The molecule has 0 fully saturated rings. The maximum absolute atomic E-state index is 12.5. The lowest BCUT2D eigenvalue weighted by molar-refractivity contribution is -0.138. The summed E-state index contributed by atoms with van der Waals surface area (Å²) in [6.07, 6.45) is -4.59. The van der Waals surface area contributed by atoms with Crippen molar-refractivity contribution in [3.05, 3.63) is 23.8 Å². The standard InChI is InChI=1S/C10H8F3NO3/c1-6(16)14-8-2-7(10(11,12)13)3-9(4-8)17-5-15/h2-5H,1H3,(H,14,16). The normalized spacial score (nSPS) is 10.8. The Hall–Kier alpha value is -2.05. The zero-order valence-electron chi connectivity index (χ0n) is 8.67. The number of ether oxygens (including phenoxy) is 1. The molecule has 0 heterocycles. The van der Waals surface area contributed by atoms with Crippen molar-refractivity contribution in [1.82, 2.24) is 0 Å². The van der Waals surface area contributed by atoms with E-state index in [9.17, 15) is 22.8 Å². The summed E-state index contributed by atoms with van der Waals surface area (Å²) in [7, 11) is 0. The molecule has 1 aromatic rings. The van der Waals surface area contributed by atoms with E-state index in [1.165, 1.54) is 0 Å². The van der Waals surface area contributed by atoms with Crippen LogP contribution in [0.2, 0.25) is 0 Å². The second-order valence-corrected chi connectivity index (χ2v) is 3.14. The quantitative estimate of drug-likeness (QED) is 0.833. The van der Waals surface area contributed by atoms with Gasteiger partial charge in [0.05, 0.1) is 5.56 Å². The first kappa shape index (κ1) is 13.0. The number of rotatable bonds is 3. The van der Waals surface area contributed by atoms with Gasteiger partial charge < -0.3 is 10.1 Å². The molecule has 7 heteroatoms. The predicted molar refractivity (Wildman–Crippen MR) is 52.4 cm³/mol. The van der Waals surface area contributed by atoms with Gasteiger partial charge in [0.1, 0.15) is 5.75 Å². The Labute approximate surface area is 94.4 Å². The molecule has 0 atom stereocenters. The molecule has 0 saturated carbocycles. The molecular weight excluding hydrogens is 239 g/mol. The number of hydrogen-bond acceptors (Lipinski definition) is 3. The second-order valence-electron chi connectivity index (χ2n) is 3.14. The van der Waals surface area contributed by atoms with E-state index >= 15 is 0 Å². The molecule has 0 aromatic heterocycles. The fraction of sp³-hybridized carbons (Fsp3) is 0.200. The molecule has 0 aliphatic carbocycles. The number of nitrogens with one attached hydrogen (secondary N) is 1. The molecule has 4 nitrogen and oxygen atoms in total. The van der Waals surface area contributed by atoms with Gasteiger partial charge in [-0.1, -0.05) is 0 Å². The van der Waals surface area contributed by atoms with Crippen LogP contribution in [0.25, 0.3) is 0 Å². The monoisotopic (exact) mass is 247 g/mol. The van der Waals surface area contributed by atoms with E-state index in [0.717, 1.165) is 19.1 Å². The van der Waals surface area contributed by atoms with Crippen molar-refractivity contribution in [2.24, 2.45) is 0 Å². The molecule has 1 aromatic carbocycles. The molecule has 0 radical (unpaired) electrons. The molecule has 0 spiro atoms. The number of alkyl halides is 3. The minimum absolute atomic E-state index is 0.00698. The lowest BCUT2D eigenvalue weighted by Crippen LogP contribution is -2.10. The highest BCUT2D eigenvalue weighted by molar-refractivity contribution is 5.89. The number of hydrogen-bond donors (Lipinski definition) is 1. The van der Waals surface area contributed by atoms with Gasteiger partial charge in [-0.3, -0.25) is 9.59 Å². The fourth-order valence-electron chi connectivity index (χ4n) is 1.16. The van der Waals surface area contributed by atoms with Crippen molar-refractivity contribution in [1.29, 1.82) is 0 Å². The van der Waals surface area contributed by atoms with Crippen LogP contribution in [-0.2, 0) is 15.8 Å². The number of carbonyl (C=O) groups excluding carboxylic acids is 2. The summed E-state index contributed by atoms with van der Waals surface area (Å²) in [6, 6.07) is 2.53. The van der Waals surface area contributed by atoms with Crippen LogP contribution in [0.4, 0.5) is 18.9 Å². The summed E-state index contributed by atoms with van der Waals surface area (Å²) >= 11 is 0. The van der Waals surface area contributed by atoms with Crippen molar-refractivity contribution in [3.8, 4) is 5.75 Å². The Kier molecular flexibility index (Phi) is 3.72. The van der Waals surface area contributed by atoms with Crippen molar-refractivity contribution in [2.45, 2.75) is 13.1 Å². The van der Waals surface area contributed by atoms with Gasteiger partial charge >= 0.3 is 6.18 Å². The Morgan fingerprint density at radius 1 is 1.35 bits per heavy atom. The van der Waals surface area contributed by atoms with Gasteiger partial charge in [0, 0.05) is 18.7 Å². The van der Waals surface area contributed by atoms with Crippen molar-refractivity contribution >= 4 is 18.1 Å². The molecule has 1 rings (SSSR count). The Morgan fingerprint density at radius 2 is 2.00 bits per heavy atom. The van der Waals surface area contributed by atoms with Gasteiger partial charge in [-0.15, -0.1) is 0 Å². The first-order chi connectivity index (χ1) is 7.82. The van der Waals surface area contributed by atoms with E-state index < -0.39 is 17.6 Å². The first-order valence-electron chi connectivity index (χ1n) is 4.43. The van der Waals surface area contributed by atoms with Crippen LogP contribution in [-0.4, -0.2) is 12.4 Å². The van der Waals surface area contributed by atoms with Crippen molar-refractivity contribution in [2.75, 3.05) is 5.32 Å².